The van der Waals surface area contributed by atoms with Gasteiger partial charge in [-0.1, -0.05) is 36.4 Å². The zero-order chi connectivity index (χ0) is 17.4. The molecule has 2 aromatic rings. The highest BCUT2D eigenvalue weighted by Crippen LogP contribution is 2.15. The van der Waals surface area contributed by atoms with E-state index in [2.05, 4.69) is 10.3 Å². The summed E-state index contributed by atoms with van der Waals surface area (Å²) in [4.78, 5) is 25.9. The van der Waals surface area contributed by atoms with E-state index in [9.17, 15) is 14.9 Å². The van der Waals surface area contributed by atoms with Crippen molar-refractivity contribution in [1.82, 2.24) is 10.3 Å². The first-order valence-electron chi connectivity index (χ1n) is 7.29. The fourth-order valence-electron chi connectivity index (χ4n) is 1.95. The fraction of sp³-hybridized carbons (Fsp3) is 0.176. The van der Waals surface area contributed by atoms with Gasteiger partial charge in [0, 0.05) is 12.6 Å². The minimum Gasteiger partial charge on any atom is -0.445 e. The van der Waals surface area contributed by atoms with Crippen LogP contribution in [-0.4, -0.2) is 22.5 Å². The Bertz CT molecular complexity index is 745. The van der Waals surface area contributed by atoms with Gasteiger partial charge in [-0.25, -0.2) is 9.78 Å². The Kier molecular flexibility index (Phi) is 6.01. The molecule has 0 fully saturated rings. The molecule has 7 heteroatoms. The Morgan fingerprint density at radius 1 is 1.29 bits per heavy atom. The molecule has 0 spiro atoms. The molecule has 1 heterocycles. The molecule has 1 aromatic heterocycles. The SMILES string of the molecule is Cc1nc(C=CCNC(=O)OCc2ccccc2)ccc1[N+](=O)[O-]. The first kappa shape index (κ1) is 17.1. The maximum atomic E-state index is 11.5. The molecule has 0 radical (unpaired) electrons. The number of alkyl carbamates (subject to hydrolysis) is 1. The average Bonchev–Trinajstić information content (AvgIpc) is 2.57. The lowest BCUT2D eigenvalue weighted by Gasteiger charge is -2.05. The number of benzene rings is 1. The van der Waals surface area contributed by atoms with Crippen LogP contribution in [0.15, 0.2) is 48.5 Å². The number of nitrogens with one attached hydrogen (secondary N) is 1. The van der Waals surface area contributed by atoms with Crippen LogP contribution in [0, 0.1) is 17.0 Å². The molecule has 2 rings (SSSR count). The van der Waals surface area contributed by atoms with Crippen molar-refractivity contribution >= 4 is 17.9 Å². The van der Waals surface area contributed by atoms with Crippen molar-refractivity contribution in [3.8, 4) is 0 Å². The second-order valence-electron chi connectivity index (χ2n) is 4.94. The van der Waals surface area contributed by atoms with E-state index in [1.54, 1.807) is 25.1 Å². The van der Waals surface area contributed by atoms with Crippen LogP contribution in [0.1, 0.15) is 17.0 Å². The summed E-state index contributed by atoms with van der Waals surface area (Å²) in [6.07, 6.45) is 2.85. The van der Waals surface area contributed by atoms with Crippen molar-refractivity contribution < 1.29 is 14.5 Å². The van der Waals surface area contributed by atoms with Gasteiger partial charge >= 0.3 is 6.09 Å². The standard InChI is InChI=1S/C17H17N3O4/c1-13-16(20(22)23)10-9-15(19-13)8-5-11-18-17(21)24-12-14-6-3-2-4-7-14/h2-10H,11-12H2,1H3,(H,18,21). The van der Waals surface area contributed by atoms with Crippen molar-refractivity contribution in [2.24, 2.45) is 0 Å². The molecule has 0 atom stereocenters. The molecular formula is C17H17N3O4. The summed E-state index contributed by atoms with van der Waals surface area (Å²) in [5.74, 6) is 0. The third-order valence-electron chi connectivity index (χ3n) is 3.14. The normalized spacial score (nSPS) is 10.5. The summed E-state index contributed by atoms with van der Waals surface area (Å²) in [5, 5.41) is 13.3. The van der Waals surface area contributed by atoms with Gasteiger partial charge in [0.1, 0.15) is 12.3 Å². The van der Waals surface area contributed by atoms with Crippen LogP contribution in [0.2, 0.25) is 0 Å². The lowest BCUT2D eigenvalue weighted by atomic mass is 10.2. The highest BCUT2D eigenvalue weighted by atomic mass is 16.6. The summed E-state index contributed by atoms with van der Waals surface area (Å²) >= 11 is 0. The van der Waals surface area contributed by atoms with Crippen LogP contribution in [0.5, 0.6) is 0 Å². The summed E-state index contributed by atoms with van der Waals surface area (Å²) in [6, 6.07) is 12.3. The van der Waals surface area contributed by atoms with Crippen LogP contribution in [-0.2, 0) is 11.3 Å². The van der Waals surface area contributed by atoms with Crippen molar-refractivity contribution in [1.29, 1.82) is 0 Å². The van der Waals surface area contributed by atoms with E-state index in [0.29, 0.717) is 11.4 Å². The maximum absolute atomic E-state index is 11.5. The van der Waals surface area contributed by atoms with Crippen LogP contribution >= 0.6 is 0 Å². The van der Waals surface area contributed by atoms with Crippen molar-refractivity contribution in [2.75, 3.05) is 6.54 Å². The molecule has 124 valence electrons. The monoisotopic (exact) mass is 327 g/mol. The first-order valence-corrected chi connectivity index (χ1v) is 7.29. The quantitative estimate of drug-likeness (QED) is 0.649. The highest BCUT2D eigenvalue weighted by Gasteiger charge is 2.10. The molecule has 0 aliphatic rings. The molecule has 7 nitrogen and oxygen atoms in total. The summed E-state index contributed by atoms with van der Waals surface area (Å²) in [6.45, 7) is 2.06. The van der Waals surface area contributed by atoms with Crippen LogP contribution in [0.25, 0.3) is 6.08 Å². The highest BCUT2D eigenvalue weighted by molar-refractivity contribution is 5.67. The number of carbonyl (C=O) groups excluding carboxylic acids is 1. The van der Waals surface area contributed by atoms with Gasteiger partial charge in [-0.15, -0.1) is 0 Å². The average molecular weight is 327 g/mol. The molecule has 1 aromatic carbocycles. The van der Waals surface area contributed by atoms with Gasteiger partial charge in [0.05, 0.1) is 10.6 Å². The molecule has 0 aliphatic carbocycles. The Hall–Kier alpha value is -3.22. The van der Waals surface area contributed by atoms with E-state index in [1.165, 1.54) is 6.07 Å². The largest absolute Gasteiger partial charge is 0.445 e. The molecule has 0 bridgehead atoms. The number of carbonyl (C=O) groups is 1. The molecule has 0 unspecified atom stereocenters. The zero-order valence-electron chi connectivity index (χ0n) is 13.1. The third-order valence-corrected chi connectivity index (χ3v) is 3.14. The van der Waals surface area contributed by atoms with Crippen molar-refractivity contribution in [3.05, 3.63) is 75.6 Å². The second kappa shape index (κ2) is 8.42. The Morgan fingerprint density at radius 2 is 2.04 bits per heavy atom. The summed E-state index contributed by atoms with van der Waals surface area (Å²) in [5.41, 5.74) is 1.82. The van der Waals surface area contributed by atoms with Gasteiger partial charge in [-0.3, -0.25) is 10.1 Å². The van der Waals surface area contributed by atoms with Crippen molar-refractivity contribution in [3.63, 3.8) is 0 Å². The molecular weight excluding hydrogens is 310 g/mol. The van der Waals surface area contributed by atoms with Crippen LogP contribution in [0.4, 0.5) is 10.5 Å². The molecule has 24 heavy (non-hydrogen) atoms. The van der Waals surface area contributed by atoms with Gasteiger partial charge < -0.3 is 10.1 Å². The van der Waals surface area contributed by atoms with Gasteiger partial charge in [0.2, 0.25) is 0 Å². The summed E-state index contributed by atoms with van der Waals surface area (Å²) < 4.78 is 5.07. The molecule has 0 aliphatic heterocycles. The van der Waals surface area contributed by atoms with Gasteiger partial charge in [0.25, 0.3) is 5.69 Å². The minimum absolute atomic E-state index is 0.0187. The lowest BCUT2D eigenvalue weighted by Crippen LogP contribution is -2.24. The van der Waals surface area contributed by atoms with E-state index >= 15 is 0 Å². The lowest BCUT2D eigenvalue weighted by molar-refractivity contribution is -0.385. The predicted octanol–water partition coefficient (Wildman–Crippen LogP) is 3.24. The number of aromatic nitrogens is 1. The topological polar surface area (TPSA) is 94.4 Å². The zero-order valence-corrected chi connectivity index (χ0v) is 13.1. The number of rotatable bonds is 6. The van der Waals surface area contributed by atoms with Gasteiger partial charge in [-0.2, -0.15) is 0 Å². The van der Waals surface area contributed by atoms with Gasteiger partial charge in [0.15, 0.2) is 0 Å². The van der Waals surface area contributed by atoms with E-state index in [4.69, 9.17) is 4.74 Å². The van der Waals surface area contributed by atoms with E-state index in [1.807, 2.05) is 30.3 Å². The maximum Gasteiger partial charge on any atom is 0.407 e. The minimum atomic E-state index is -0.517. The number of nitro groups is 1. The van der Waals surface area contributed by atoms with Gasteiger partial charge in [-0.05, 0) is 24.6 Å². The van der Waals surface area contributed by atoms with Crippen LogP contribution < -0.4 is 5.32 Å². The van der Waals surface area contributed by atoms with E-state index < -0.39 is 11.0 Å². The molecule has 1 amide bonds. The van der Waals surface area contributed by atoms with E-state index in [-0.39, 0.29) is 18.8 Å². The second-order valence-corrected chi connectivity index (χ2v) is 4.94. The van der Waals surface area contributed by atoms with Crippen molar-refractivity contribution in [2.45, 2.75) is 13.5 Å². The van der Waals surface area contributed by atoms with E-state index in [0.717, 1.165) is 5.56 Å². The Morgan fingerprint density at radius 3 is 2.71 bits per heavy atom. The number of aryl methyl sites for hydroxylation is 1. The smallest absolute Gasteiger partial charge is 0.407 e. The fourth-order valence-corrected chi connectivity index (χ4v) is 1.95. The molecule has 1 N–H and O–H groups in total. The number of hydrogen-bond acceptors (Lipinski definition) is 5. The molecule has 0 saturated carbocycles. The Balaban J connectivity index is 1.77. The number of amides is 1. The number of nitrogens with zero attached hydrogens (tertiary/aromatic N) is 2. The number of hydrogen-bond donors (Lipinski definition) is 1. The number of pyridine rings is 1. The van der Waals surface area contributed by atoms with Crippen LogP contribution in [0.3, 0.4) is 0 Å². The first-order chi connectivity index (χ1) is 11.6. The molecule has 0 saturated heterocycles. The predicted molar refractivity (Wildman–Crippen MR) is 89.3 cm³/mol. The number of ether oxygens (including phenoxy) is 1. The Labute approximate surface area is 139 Å². The third kappa shape index (κ3) is 5.20. The summed E-state index contributed by atoms with van der Waals surface area (Å²) in [7, 11) is 0.